The largest absolute Gasteiger partial charge is 0.454 e. The quantitative estimate of drug-likeness (QED) is 0.478. The van der Waals surface area contributed by atoms with Gasteiger partial charge in [-0.1, -0.05) is 42.5 Å². The van der Waals surface area contributed by atoms with E-state index in [2.05, 4.69) is 39.8 Å². The van der Waals surface area contributed by atoms with E-state index < -0.39 is 0 Å². The summed E-state index contributed by atoms with van der Waals surface area (Å²) in [6.07, 6.45) is 1.78. The fourth-order valence-electron chi connectivity index (χ4n) is 4.64. The number of benzene rings is 3. The molecule has 2 amide bonds. The summed E-state index contributed by atoms with van der Waals surface area (Å²) in [5.74, 6) is 2.38. The van der Waals surface area contributed by atoms with Crippen molar-refractivity contribution in [2.45, 2.75) is 25.3 Å². The van der Waals surface area contributed by atoms with Gasteiger partial charge in [-0.2, -0.15) is 0 Å². The molecular formula is C26H24N4O4. The monoisotopic (exact) mass is 456 g/mol. The number of rotatable bonds is 4. The van der Waals surface area contributed by atoms with Crippen molar-refractivity contribution in [1.29, 1.82) is 0 Å². The van der Waals surface area contributed by atoms with E-state index in [1.165, 1.54) is 5.39 Å². The maximum Gasteiger partial charge on any atom is 0.317 e. The summed E-state index contributed by atoms with van der Waals surface area (Å²) in [4.78, 5) is 14.8. The highest BCUT2D eigenvalue weighted by Gasteiger charge is 2.29. The Hall–Kier alpha value is -4.07. The maximum atomic E-state index is 12.9. The number of hydrogen-bond acceptors (Lipinski definition) is 6. The number of hydrogen-bond donors (Lipinski definition) is 1. The molecule has 2 aliphatic heterocycles. The van der Waals surface area contributed by atoms with Crippen LogP contribution in [0.4, 0.5) is 4.79 Å². The summed E-state index contributed by atoms with van der Waals surface area (Å²) in [5.41, 5.74) is 1.88. The van der Waals surface area contributed by atoms with E-state index in [0.29, 0.717) is 42.9 Å². The Morgan fingerprint density at radius 3 is 2.88 bits per heavy atom. The van der Waals surface area contributed by atoms with Crippen molar-refractivity contribution in [2.75, 3.05) is 19.9 Å². The average Bonchev–Trinajstić information content (AvgIpc) is 3.57. The molecule has 1 aromatic heterocycles. The maximum absolute atomic E-state index is 12.9. The molecule has 8 nitrogen and oxygen atoms in total. The van der Waals surface area contributed by atoms with Gasteiger partial charge in [0.2, 0.25) is 18.6 Å². The highest BCUT2D eigenvalue weighted by Crippen LogP contribution is 2.36. The van der Waals surface area contributed by atoms with Crippen molar-refractivity contribution in [3.63, 3.8) is 0 Å². The molecule has 172 valence electrons. The number of likely N-dealkylation sites (tertiary alicyclic amines) is 1. The third kappa shape index (κ3) is 3.91. The Balaban J connectivity index is 1.12. The first-order valence-corrected chi connectivity index (χ1v) is 11.5. The normalized spacial score (nSPS) is 17.2. The lowest BCUT2D eigenvalue weighted by Crippen LogP contribution is -2.44. The molecule has 1 N–H and O–H groups in total. The summed E-state index contributed by atoms with van der Waals surface area (Å²) in [7, 11) is 0. The van der Waals surface area contributed by atoms with Gasteiger partial charge in [0.05, 0.1) is 5.92 Å². The molecule has 8 heteroatoms. The number of fused-ring (bicyclic) bond motifs is 2. The predicted octanol–water partition coefficient (Wildman–Crippen LogP) is 4.71. The molecule has 3 aromatic carbocycles. The van der Waals surface area contributed by atoms with Crippen molar-refractivity contribution in [2.24, 2.45) is 0 Å². The van der Waals surface area contributed by atoms with Crippen LogP contribution in [0.5, 0.6) is 11.5 Å². The first-order chi connectivity index (χ1) is 16.7. The zero-order valence-electron chi connectivity index (χ0n) is 18.6. The molecule has 1 saturated heterocycles. The number of ether oxygens (including phenoxy) is 2. The number of carbonyl (C=O) groups excluding carboxylic acids is 1. The van der Waals surface area contributed by atoms with Crippen molar-refractivity contribution >= 4 is 16.8 Å². The molecule has 6 rings (SSSR count). The number of aromatic nitrogens is 2. The lowest BCUT2D eigenvalue weighted by molar-refractivity contribution is 0.173. The minimum Gasteiger partial charge on any atom is -0.454 e. The van der Waals surface area contributed by atoms with Gasteiger partial charge in [0.15, 0.2) is 11.5 Å². The predicted molar refractivity (Wildman–Crippen MR) is 126 cm³/mol. The zero-order valence-corrected chi connectivity index (χ0v) is 18.6. The van der Waals surface area contributed by atoms with Crippen LogP contribution in [0.2, 0.25) is 0 Å². The summed E-state index contributed by atoms with van der Waals surface area (Å²) >= 11 is 0. The Kier molecular flexibility index (Phi) is 5.25. The Morgan fingerprint density at radius 1 is 1.03 bits per heavy atom. The summed E-state index contributed by atoms with van der Waals surface area (Å²) in [5, 5.41) is 13.9. The third-order valence-corrected chi connectivity index (χ3v) is 6.43. The summed E-state index contributed by atoms with van der Waals surface area (Å²) in [6.45, 7) is 1.95. The van der Waals surface area contributed by atoms with Gasteiger partial charge in [-0.25, -0.2) is 4.79 Å². The second-order valence-corrected chi connectivity index (χ2v) is 8.60. The number of urea groups is 1. The van der Waals surface area contributed by atoms with Crippen LogP contribution in [0.3, 0.4) is 0 Å². The third-order valence-electron chi connectivity index (χ3n) is 6.43. The Bertz CT molecular complexity index is 1350. The van der Waals surface area contributed by atoms with Gasteiger partial charge in [0, 0.05) is 25.2 Å². The zero-order chi connectivity index (χ0) is 22.9. The van der Waals surface area contributed by atoms with Crippen LogP contribution < -0.4 is 14.8 Å². The van der Waals surface area contributed by atoms with Crippen molar-refractivity contribution in [3.05, 3.63) is 72.1 Å². The first kappa shape index (κ1) is 20.5. The van der Waals surface area contributed by atoms with E-state index >= 15 is 0 Å². The first-order valence-electron chi connectivity index (χ1n) is 11.5. The van der Waals surface area contributed by atoms with Gasteiger partial charge in [0.25, 0.3) is 0 Å². The van der Waals surface area contributed by atoms with Gasteiger partial charge in [-0.3, -0.25) is 0 Å². The molecule has 0 radical (unpaired) electrons. The molecule has 0 saturated carbocycles. The standard InChI is InChI=1S/C26H24N4O4/c31-26(27-14-19-7-3-6-17-5-1-2-9-21(17)19)30-12-4-8-20(15-30)25-29-28-24(34-25)18-10-11-22-23(13-18)33-16-32-22/h1-3,5-7,9-11,13,20H,4,8,12,14-16H2,(H,27,31). The van der Waals surface area contributed by atoms with Crippen LogP contribution >= 0.6 is 0 Å². The van der Waals surface area contributed by atoms with Gasteiger partial charge < -0.3 is 24.1 Å². The highest BCUT2D eigenvalue weighted by molar-refractivity contribution is 5.86. The van der Waals surface area contributed by atoms with Crippen LogP contribution in [0.25, 0.3) is 22.2 Å². The summed E-state index contributed by atoms with van der Waals surface area (Å²) in [6, 6.07) is 19.8. The highest BCUT2D eigenvalue weighted by atomic mass is 16.7. The second-order valence-electron chi connectivity index (χ2n) is 8.60. The van der Waals surface area contributed by atoms with E-state index in [4.69, 9.17) is 13.9 Å². The second kappa shape index (κ2) is 8.70. The smallest absolute Gasteiger partial charge is 0.317 e. The summed E-state index contributed by atoms with van der Waals surface area (Å²) < 4.78 is 16.8. The minimum atomic E-state index is -0.0758. The van der Waals surface area contributed by atoms with Gasteiger partial charge in [0.1, 0.15) is 0 Å². The average molecular weight is 457 g/mol. The molecule has 2 aliphatic rings. The molecular weight excluding hydrogens is 432 g/mol. The van der Waals surface area contributed by atoms with Crippen LogP contribution in [0, 0.1) is 0 Å². The van der Waals surface area contributed by atoms with Crippen molar-refractivity contribution in [3.8, 4) is 23.0 Å². The molecule has 0 spiro atoms. The Labute approximate surface area is 196 Å². The number of nitrogens with zero attached hydrogens (tertiary/aromatic N) is 3. The lowest BCUT2D eigenvalue weighted by Gasteiger charge is -2.31. The van der Waals surface area contributed by atoms with Crippen LogP contribution in [-0.4, -0.2) is 41.0 Å². The van der Waals surface area contributed by atoms with Crippen molar-refractivity contribution < 1.29 is 18.7 Å². The molecule has 1 atom stereocenters. The minimum absolute atomic E-state index is 0.00677. The molecule has 34 heavy (non-hydrogen) atoms. The number of piperidine rings is 1. The SMILES string of the molecule is O=C(NCc1cccc2ccccc12)N1CCCC(c2nnc(-c3ccc4c(c3)OCO4)o2)C1. The van der Waals surface area contributed by atoms with E-state index in [0.717, 1.165) is 29.4 Å². The number of nitrogens with one attached hydrogen (secondary N) is 1. The lowest BCUT2D eigenvalue weighted by atomic mass is 9.98. The number of carbonyl (C=O) groups is 1. The molecule has 0 aliphatic carbocycles. The van der Waals surface area contributed by atoms with Gasteiger partial charge in [-0.05, 0) is 47.4 Å². The molecule has 3 heterocycles. The molecule has 1 fully saturated rings. The van der Waals surface area contributed by atoms with Crippen LogP contribution in [0.1, 0.15) is 30.2 Å². The van der Waals surface area contributed by atoms with Crippen LogP contribution in [-0.2, 0) is 6.54 Å². The van der Waals surface area contributed by atoms with E-state index in [1.54, 1.807) is 0 Å². The van der Waals surface area contributed by atoms with E-state index in [1.807, 2.05) is 41.3 Å². The molecule has 4 aromatic rings. The fraction of sp³-hybridized carbons (Fsp3) is 0.269. The Morgan fingerprint density at radius 2 is 1.91 bits per heavy atom. The van der Waals surface area contributed by atoms with E-state index in [-0.39, 0.29) is 18.7 Å². The van der Waals surface area contributed by atoms with Crippen LogP contribution in [0.15, 0.2) is 65.1 Å². The number of amides is 2. The van der Waals surface area contributed by atoms with E-state index in [9.17, 15) is 4.79 Å². The topological polar surface area (TPSA) is 89.7 Å². The van der Waals surface area contributed by atoms with Gasteiger partial charge >= 0.3 is 6.03 Å². The van der Waals surface area contributed by atoms with Crippen molar-refractivity contribution in [1.82, 2.24) is 20.4 Å². The molecule has 1 unspecified atom stereocenters. The van der Waals surface area contributed by atoms with Gasteiger partial charge in [-0.15, -0.1) is 10.2 Å². The fourth-order valence-corrected chi connectivity index (χ4v) is 4.64. The molecule has 0 bridgehead atoms.